The number of hydrogen-bond acceptors (Lipinski definition) is 5. The van der Waals surface area contributed by atoms with Crippen molar-refractivity contribution in [2.75, 3.05) is 43.9 Å². The smallest absolute Gasteiger partial charge is 0.246 e. The Balaban J connectivity index is 2.02. The second kappa shape index (κ2) is 3.21. The van der Waals surface area contributed by atoms with Crippen LogP contribution in [0.2, 0.25) is 0 Å². The first-order valence-corrected chi connectivity index (χ1v) is 4.37. The summed E-state index contributed by atoms with van der Waals surface area (Å²) < 4.78 is 0. The van der Waals surface area contributed by atoms with E-state index in [1.165, 1.54) is 0 Å². The number of H-pyrrole nitrogens is 1. The molecule has 0 unspecified atom stereocenters. The van der Waals surface area contributed by atoms with Gasteiger partial charge in [-0.15, -0.1) is 5.10 Å². The highest BCUT2D eigenvalue weighted by Gasteiger charge is 2.16. The third kappa shape index (κ3) is 1.72. The summed E-state index contributed by atoms with van der Waals surface area (Å²) >= 11 is 0. The molecule has 6 nitrogen and oxygen atoms in total. The first-order chi connectivity index (χ1) is 6.25. The van der Waals surface area contributed by atoms with Crippen LogP contribution in [-0.2, 0) is 0 Å². The molecule has 0 aliphatic carbocycles. The van der Waals surface area contributed by atoms with E-state index in [1.54, 1.807) is 0 Å². The van der Waals surface area contributed by atoms with Crippen LogP contribution in [-0.4, -0.2) is 53.3 Å². The molecule has 0 spiro atoms. The highest BCUT2D eigenvalue weighted by atomic mass is 15.4. The fourth-order valence-electron chi connectivity index (χ4n) is 1.41. The SMILES string of the molecule is CN1CCN(c2n[nH]c(N)n2)CC1. The van der Waals surface area contributed by atoms with Crippen LogP contribution < -0.4 is 10.6 Å². The van der Waals surface area contributed by atoms with Crippen molar-refractivity contribution in [3.63, 3.8) is 0 Å². The molecule has 3 N–H and O–H groups in total. The Bertz CT molecular complexity index is 274. The lowest BCUT2D eigenvalue weighted by molar-refractivity contribution is 0.311. The largest absolute Gasteiger partial charge is 0.368 e. The summed E-state index contributed by atoms with van der Waals surface area (Å²) in [5.41, 5.74) is 5.45. The van der Waals surface area contributed by atoms with Crippen LogP contribution in [0.1, 0.15) is 0 Å². The molecule has 1 aliphatic heterocycles. The predicted octanol–water partition coefficient (Wildman–Crippen LogP) is -0.861. The molecule has 2 rings (SSSR count). The van der Waals surface area contributed by atoms with Crippen LogP contribution in [0.25, 0.3) is 0 Å². The van der Waals surface area contributed by atoms with Crippen molar-refractivity contribution in [1.29, 1.82) is 0 Å². The van der Waals surface area contributed by atoms with Crippen molar-refractivity contribution in [2.24, 2.45) is 0 Å². The molecule has 0 atom stereocenters. The zero-order valence-corrected chi connectivity index (χ0v) is 7.69. The van der Waals surface area contributed by atoms with E-state index in [1.807, 2.05) is 0 Å². The molecule has 0 saturated carbocycles. The van der Waals surface area contributed by atoms with E-state index in [2.05, 4.69) is 32.0 Å². The van der Waals surface area contributed by atoms with Gasteiger partial charge in [-0.3, -0.25) is 0 Å². The van der Waals surface area contributed by atoms with Gasteiger partial charge in [0, 0.05) is 26.2 Å². The molecule has 1 saturated heterocycles. The number of nitrogens with one attached hydrogen (secondary N) is 1. The van der Waals surface area contributed by atoms with Crippen LogP contribution in [0.3, 0.4) is 0 Å². The van der Waals surface area contributed by atoms with E-state index < -0.39 is 0 Å². The van der Waals surface area contributed by atoms with Gasteiger partial charge >= 0.3 is 0 Å². The van der Waals surface area contributed by atoms with Gasteiger partial charge in [0.2, 0.25) is 11.9 Å². The van der Waals surface area contributed by atoms with Crippen LogP contribution >= 0.6 is 0 Å². The number of hydrogen-bond donors (Lipinski definition) is 2. The molecule has 1 aromatic heterocycles. The van der Waals surface area contributed by atoms with Gasteiger partial charge in [-0.25, -0.2) is 5.10 Å². The van der Waals surface area contributed by atoms with Gasteiger partial charge in [-0.2, -0.15) is 4.98 Å². The van der Waals surface area contributed by atoms with Crippen molar-refractivity contribution in [1.82, 2.24) is 20.1 Å². The minimum atomic E-state index is 0.383. The van der Waals surface area contributed by atoms with E-state index >= 15 is 0 Å². The molecular formula is C7H14N6. The summed E-state index contributed by atoms with van der Waals surface area (Å²) in [4.78, 5) is 8.49. The molecule has 2 heterocycles. The monoisotopic (exact) mass is 182 g/mol. The molecule has 72 valence electrons. The van der Waals surface area contributed by atoms with Crippen LogP contribution in [0, 0.1) is 0 Å². The van der Waals surface area contributed by atoms with Crippen molar-refractivity contribution in [3.05, 3.63) is 0 Å². The first-order valence-electron chi connectivity index (χ1n) is 4.37. The van der Waals surface area contributed by atoms with E-state index in [-0.39, 0.29) is 0 Å². The number of aromatic amines is 1. The fourth-order valence-corrected chi connectivity index (χ4v) is 1.41. The van der Waals surface area contributed by atoms with E-state index in [0.717, 1.165) is 26.2 Å². The summed E-state index contributed by atoms with van der Waals surface area (Å²) in [6.45, 7) is 4.03. The Morgan fingerprint density at radius 1 is 1.31 bits per heavy atom. The molecule has 13 heavy (non-hydrogen) atoms. The lowest BCUT2D eigenvalue weighted by Gasteiger charge is -2.31. The van der Waals surface area contributed by atoms with Gasteiger partial charge in [0.25, 0.3) is 0 Å². The predicted molar refractivity (Wildman–Crippen MR) is 50.5 cm³/mol. The lowest BCUT2D eigenvalue weighted by Crippen LogP contribution is -2.44. The Morgan fingerprint density at radius 3 is 2.54 bits per heavy atom. The quantitative estimate of drug-likeness (QED) is 0.591. The summed E-state index contributed by atoms with van der Waals surface area (Å²) in [5, 5.41) is 6.65. The van der Waals surface area contributed by atoms with Gasteiger partial charge < -0.3 is 15.5 Å². The number of nitrogen functional groups attached to an aromatic ring is 1. The number of aromatic nitrogens is 3. The summed E-state index contributed by atoms with van der Waals surface area (Å²) in [6, 6.07) is 0. The molecule has 0 amide bonds. The number of nitrogens with zero attached hydrogens (tertiary/aromatic N) is 4. The maximum absolute atomic E-state index is 5.45. The van der Waals surface area contributed by atoms with Gasteiger partial charge in [0.05, 0.1) is 0 Å². The molecule has 1 aromatic rings. The third-order valence-electron chi connectivity index (χ3n) is 2.28. The number of likely N-dealkylation sites (N-methyl/N-ethyl adjacent to an activating group) is 1. The molecule has 1 fully saturated rings. The second-order valence-electron chi connectivity index (χ2n) is 3.31. The molecular weight excluding hydrogens is 168 g/mol. The molecule has 6 heteroatoms. The Labute approximate surface area is 76.7 Å². The molecule has 0 radical (unpaired) electrons. The maximum Gasteiger partial charge on any atom is 0.246 e. The van der Waals surface area contributed by atoms with Gasteiger partial charge in [0.1, 0.15) is 0 Å². The average molecular weight is 182 g/mol. The standard InChI is InChI=1S/C7H14N6/c1-12-2-4-13(5-3-12)7-9-6(8)10-11-7/h2-5H2,1H3,(H3,8,9,10,11). The molecule has 0 bridgehead atoms. The van der Waals surface area contributed by atoms with Crippen LogP contribution in [0.15, 0.2) is 0 Å². The highest BCUT2D eigenvalue weighted by Crippen LogP contribution is 2.09. The van der Waals surface area contributed by atoms with E-state index in [9.17, 15) is 0 Å². The minimum absolute atomic E-state index is 0.383. The van der Waals surface area contributed by atoms with Crippen LogP contribution in [0.5, 0.6) is 0 Å². The van der Waals surface area contributed by atoms with Crippen LogP contribution in [0.4, 0.5) is 11.9 Å². The van der Waals surface area contributed by atoms with Gasteiger partial charge in [-0.05, 0) is 7.05 Å². The number of rotatable bonds is 1. The Kier molecular flexibility index (Phi) is 2.05. The number of nitrogens with two attached hydrogens (primary N) is 1. The number of anilines is 2. The van der Waals surface area contributed by atoms with E-state index in [4.69, 9.17) is 5.73 Å². The second-order valence-corrected chi connectivity index (χ2v) is 3.31. The summed E-state index contributed by atoms with van der Waals surface area (Å²) in [5.74, 6) is 1.10. The maximum atomic E-state index is 5.45. The zero-order chi connectivity index (χ0) is 9.26. The molecule has 1 aliphatic rings. The Hall–Kier alpha value is -1.30. The highest BCUT2D eigenvalue weighted by molar-refractivity contribution is 5.34. The minimum Gasteiger partial charge on any atom is -0.368 e. The third-order valence-corrected chi connectivity index (χ3v) is 2.28. The normalized spacial score (nSPS) is 19.3. The fraction of sp³-hybridized carbons (Fsp3) is 0.714. The first kappa shape index (κ1) is 8.31. The number of piperazine rings is 1. The summed E-state index contributed by atoms with van der Waals surface area (Å²) in [6.07, 6.45) is 0. The topological polar surface area (TPSA) is 74.1 Å². The van der Waals surface area contributed by atoms with Crippen molar-refractivity contribution >= 4 is 11.9 Å². The zero-order valence-electron chi connectivity index (χ0n) is 7.69. The van der Waals surface area contributed by atoms with Crippen molar-refractivity contribution in [2.45, 2.75) is 0 Å². The molecule has 0 aromatic carbocycles. The van der Waals surface area contributed by atoms with Crippen molar-refractivity contribution < 1.29 is 0 Å². The van der Waals surface area contributed by atoms with Gasteiger partial charge in [-0.1, -0.05) is 0 Å². The van der Waals surface area contributed by atoms with Gasteiger partial charge in [0.15, 0.2) is 0 Å². The van der Waals surface area contributed by atoms with E-state index in [0.29, 0.717) is 11.9 Å². The van der Waals surface area contributed by atoms with Crippen molar-refractivity contribution in [3.8, 4) is 0 Å². The lowest BCUT2D eigenvalue weighted by atomic mass is 10.3. The Morgan fingerprint density at radius 2 is 2.00 bits per heavy atom. The average Bonchev–Trinajstić information content (AvgIpc) is 2.53. The summed E-state index contributed by atoms with van der Waals surface area (Å²) in [7, 11) is 2.11.